The Hall–Kier alpha value is -1.66. The summed E-state index contributed by atoms with van der Waals surface area (Å²) in [5.74, 6) is 0.0186. The van der Waals surface area contributed by atoms with Gasteiger partial charge in [-0.2, -0.15) is 0 Å². The van der Waals surface area contributed by atoms with Gasteiger partial charge in [0.1, 0.15) is 0 Å². The second-order valence-corrected chi connectivity index (χ2v) is 6.59. The van der Waals surface area contributed by atoms with E-state index in [0.29, 0.717) is 0 Å². The number of hydrogen-bond donors (Lipinski definition) is 1. The van der Waals surface area contributed by atoms with Crippen LogP contribution in [0.3, 0.4) is 0 Å². The largest absolute Gasteiger partial charge is 0.266 e. The molecule has 1 aromatic carbocycles. The van der Waals surface area contributed by atoms with Crippen molar-refractivity contribution in [2.75, 3.05) is 10.5 Å². The Labute approximate surface area is 123 Å². The van der Waals surface area contributed by atoms with E-state index in [-0.39, 0.29) is 22.6 Å². The minimum Gasteiger partial charge on any atom is -0.266 e. The van der Waals surface area contributed by atoms with E-state index in [0.717, 1.165) is 5.56 Å². The summed E-state index contributed by atoms with van der Waals surface area (Å²) in [4.78, 5) is 0. The summed E-state index contributed by atoms with van der Waals surface area (Å²) < 4.78 is 26.5. The van der Waals surface area contributed by atoms with Gasteiger partial charge in [0.05, 0.1) is 5.75 Å². The maximum Gasteiger partial charge on any atom is 0.234 e. The summed E-state index contributed by atoms with van der Waals surface area (Å²) >= 11 is 5.60. The maximum atomic E-state index is 12.1. The number of anilines is 1. The Bertz CT molecular complexity index is 660. The number of rotatable bonds is 5. The van der Waals surface area contributed by atoms with Crippen molar-refractivity contribution in [2.24, 2.45) is 0 Å². The molecule has 1 atom stereocenters. The lowest BCUT2D eigenvalue weighted by atomic mass is 10.0. The predicted octanol–water partition coefficient (Wildman–Crippen LogP) is 2.68. The third kappa shape index (κ3) is 4.18. The Kier molecular flexibility index (Phi) is 4.57. The van der Waals surface area contributed by atoms with E-state index < -0.39 is 10.0 Å². The van der Waals surface area contributed by atoms with Crippen LogP contribution >= 0.6 is 11.6 Å². The molecule has 2 aromatic rings. The normalized spacial score (nSPS) is 12.9. The Morgan fingerprint density at radius 1 is 1.15 bits per heavy atom. The average Bonchev–Trinajstić information content (AvgIpc) is 2.41. The number of hydrogen-bond acceptors (Lipinski definition) is 4. The zero-order valence-electron chi connectivity index (χ0n) is 10.8. The molecule has 1 heterocycles. The molecule has 1 unspecified atom stereocenters. The molecular weight excluding hydrogens is 298 g/mol. The van der Waals surface area contributed by atoms with Crippen molar-refractivity contribution < 1.29 is 8.42 Å². The molecule has 0 bridgehead atoms. The molecule has 0 aliphatic carbocycles. The maximum absolute atomic E-state index is 12.1. The van der Waals surface area contributed by atoms with Crippen LogP contribution in [-0.2, 0) is 10.0 Å². The van der Waals surface area contributed by atoms with Gasteiger partial charge < -0.3 is 0 Å². The molecule has 20 heavy (non-hydrogen) atoms. The second kappa shape index (κ2) is 6.19. The fourth-order valence-corrected chi connectivity index (χ4v) is 3.24. The summed E-state index contributed by atoms with van der Waals surface area (Å²) in [6.07, 6.45) is 0. The van der Waals surface area contributed by atoms with Crippen molar-refractivity contribution in [2.45, 2.75) is 12.8 Å². The van der Waals surface area contributed by atoms with Crippen LogP contribution in [0.15, 0.2) is 42.5 Å². The van der Waals surface area contributed by atoms with Crippen LogP contribution in [0, 0.1) is 0 Å². The first-order valence-corrected chi connectivity index (χ1v) is 8.04. The fraction of sp³-hybridized carbons (Fsp3) is 0.231. The Balaban J connectivity index is 2.06. The van der Waals surface area contributed by atoms with Gasteiger partial charge in [0, 0.05) is 0 Å². The highest BCUT2D eigenvalue weighted by Gasteiger charge is 2.17. The van der Waals surface area contributed by atoms with E-state index in [1.54, 1.807) is 0 Å². The van der Waals surface area contributed by atoms with Crippen LogP contribution < -0.4 is 4.72 Å². The van der Waals surface area contributed by atoms with E-state index in [2.05, 4.69) is 14.9 Å². The molecule has 1 aromatic heterocycles. The molecule has 0 fully saturated rings. The fourth-order valence-electron chi connectivity index (χ4n) is 1.78. The molecule has 106 valence electrons. The van der Waals surface area contributed by atoms with Gasteiger partial charge in [-0.25, -0.2) is 8.42 Å². The lowest BCUT2D eigenvalue weighted by Crippen LogP contribution is -2.21. The number of aromatic nitrogens is 2. The molecule has 0 saturated carbocycles. The molecule has 0 radical (unpaired) electrons. The van der Waals surface area contributed by atoms with Gasteiger partial charge in [-0.15, -0.1) is 10.2 Å². The van der Waals surface area contributed by atoms with Crippen LogP contribution in [-0.4, -0.2) is 24.4 Å². The third-order valence-corrected chi connectivity index (χ3v) is 4.39. The number of nitrogens with one attached hydrogen (secondary N) is 1. The predicted molar refractivity (Wildman–Crippen MR) is 79.3 cm³/mol. The van der Waals surface area contributed by atoms with Crippen LogP contribution in [0.4, 0.5) is 5.82 Å². The SMILES string of the molecule is CC(CS(=O)(=O)Nc1ccc(Cl)nn1)c1ccccc1. The van der Waals surface area contributed by atoms with E-state index >= 15 is 0 Å². The zero-order valence-corrected chi connectivity index (χ0v) is 12.4. The minimum absolute atomic E-state index is 0.0265. The van der Waals surface area contributed by atoms with Crippen LogP contribution in [0.25, 0.3) is 0 Å². The van der Waals surface area contributed by atoms with Crippen molar-refractivity contribution in [3.05, 3.63) is 53.2 Å². The highest BCUT2D eigenvalue weighted by molar-refractivity contribution is 7.92. The monoisotopic (exact) mass is 311 g/mol. The smallest absolute Gasteiger partial charge is 0.234 e. The molecule has 0 saturated heterocycles. The Morgan fingerprint density at radius 2 is 1.85 bits per heavy atom. The van der Waals surface area contributed by atoms with Gasteiger partial charge in [-0.1, -0.05) is 48.9 Å². The van der Waals surface area contributed by atoms with Gasteiger partial charge in [0.25, 0.3) is 0 Å². The minimum atomic E-state index is -3.49. The van der Waals surface area contributed by atoms with E-state index in [9.17, 15) is 8.42 Å². The lowest BCUT2D eigenvalue weighted by Gasteiger charge is -2.13. The topological polar surface area (TPSA) is 72.0 Å². The molecule has 0 amide bonds. The molecule has 1 N–H and O–H groups in total. The van der Waals surface area contributed by atoms with Crippen molar-refractivity contribution in [3.8, 4) is 0 Å². The summed E-state index contributed by atoms with van der Waals surface area (Å²) in [5, 5.41) is 7.47. The number of halogens is 1. The highest BCUT2D eigenvalue weighted by Crippen LogP contribution is 2.18. The molecule has 0 aliphatic heterocycles. The average molecular weight is 312 g/mol. The summed E-state index contributed by atoms with van der Waals surface area (Å²) in [5.41, 5.74) is 0.972. The standard InChI is InChI=1S/C13H14ClN3O2S/c1-10(11-5-3-2-4-6-11)9-20(18,19)17-13-8-7-12(14)15-16-13/h2-8,10H,9H2,1H3,(H,16,17). The molecule has 7 heteroatoms. The third-order valence-electron chi connectivity index (χ3n) is 2.73. The van der Waals surface area contributed by atoms with Crippen LogP contribution in [0.1, 0.15) is 18.4 Å². The molecular formula is C13H14ClN3O2S. The molecule has 0 aliphatic rings. The summed E-state index contributed by atoms with van der Waals surface area (Å²) in [7, 11) is -3.49. The number of nitrogens with zero attached hydrogens (tertiary/aromatic N) is 2. The first kappa shape index (κ1) is 14.7. The van der Waals surface area contributed by atoms with Gasteiger partial charge in [0.15, 0.2) is 11.0 Å². The van der Waals surface area contributed by atoms with Crippen molar-refractivity contribution >= 4 is 27.4 Å². The zero-order chi connectivity index (χ0) is 14.6. The van der Waals surface area contributed by atoms with Crippen molar-refractivity contribution in [1.29, 1.82) is 0 Å². The first-order valence-electron chi connectivity index (χ1n) is 6.01. The lowest BCUT2D eigenvalue weighted by molar-refractivity contribution is 0.595. The van der Waals surface area contributed by atoms with E-state index in [1.807, 2.05) is 37.3 Å². The van der Waals surface area contributed by atoms with E-state index in [1.165, 1.54) is 12.1 Å². The van der Waals surface area contributed by atoms with Gasteiger partial charge in [-0.3, -0.25) is 4.72 Å². The summed E-state index contributed by atoms with van der Waals surface area (Å²) in [6, 6.07) is 12.4. The van der Waals surface area contributed by atoms with Gasteiger partial charge in [0.2, 0.25) is 10.0 Å². The van der Waals surface area contributed by atoms with Crippen molar-refractivity contribution in [1.82, 2.24) is 10.2 Å². The second-order valence-electron chi connectivity index (χ2n) is 4.44. The van der Waals surface area contributed by atoms with Crippen LogP contribution in [0.5, 0.6) is 0 Å². The van der Waals surface area contributed by atoms with Crippen molar-refractivity contribution in [3.63, 3.8) is 0 Å². The quantitative estimate of drug-likeness (QED) is 0.921. The first-order chi connectivity index (χ1) is 9.46. The number of sulfonamides is 1. The molecule has 2 rings (SSSR count). The number of benzene rings is 1. The van der Waals surface area contributed by atoms with Gasteiger partial charge in [-0.05, 0) is 23.6 Å². The summed E-state index contributed by atoms with van der Waals surface area (Å²) in [6.45, 7) is 1.86. The Morgan fingerprint density at radius 3 is 2.45 bits per heavy atom. The van der Waals surface area contributed by atoms with Gasteiger partial charge >= 0.3 is 0 Å². The van der Waals surface area contributed by atoms with Crippen LogP contribution in [0.2, 0.25) is 5.15 Å². The molecule has 0 spiro atoms. The van der Waals surface area contributed by atoms with E-state index in [4.69, 9.17) is 11.6 Å². The highest BCUT2D eigenvalue weighted by atomic mass is 35.5. The molecule has 5 nitrogen and oxygen atoms in total.